The molecule has 0 radical (unpaired) electrons. The highest BCUT2D eigenvalue weighted by molar-refractivity contribution is 7.89. The Morgan fingerprint density at radius 3 is 2.41 bits per heavy atom. The molecule has 39 heavy (non-hydrogen) atoms. The summed E-state index contributed by atoms with van der Waals surface area (Å²) in [4.78, 5) is 13.4. The van der Waals surface area contributed by atoms with Gasteiger partial charge in [-0.25, -0.2) is 17.2 Å². The molecule has 2 N–H and O–H groups in total. The minimum Gasteiger partial charge on any atom is -0.394 e. The molecule has 214 valence electrons. The number of hydrogen-bond donors (Lipinski definition) is 2. The van der Waals surface area contributed by atoms with Crippen LogP contribution in [0.5, 0.6) is 0 Å². The zero-order chi connectivity index (χ0) is 28.4. The number of benzene rings is 2. The number of carbonyl (C=O) groups excluding carboxylic acids is 1. The van der Waals surface area contributed by atoms with Gasteiger partial charge in [-0.1, -0.05) is 30.3 Å². The summed E-state index contributed by atoms with van der Waals surface area (Å²) in [5.74, 6) is -1.68. The van der Waals surface area contributed by atoms with Crippen LogP contribution in [0.15, 0.2) is 42.5 Å². The van der Waals surface area contributed by atoms with E-state index in [-0.39, 0.29) is 62.2 Å². The maximum atomic E-state index is 15.7. The summed E-state index contributed by atoms with van der Waals surface area (Å²) in [6, 6.07) is 10.6. The SMILES string of the molecule is CC(=O)N1CCC(OC[C@@H](O)CO)(c2cc(F)c(CN3[C@@H](C)CC[C@H](c4ccccc4)S3(=O)=O)cc2F)CC1. The fourth-order valence-electron chi connectivity index (χ4n) is 5.56. The number of piperidine rings is 1. The number of aliphatic hydroxyl groups excluding tert-OH is 2. The highest BCUT2D eigenvalue weighted by Gasteiger charge is 2.43. The van der Waals surface area contributed by atoms with Crippen molar-refractivity contribution in [1.82, 2.24) is 9.21 Å². The molecule has 2 heterocycles. The second-order valence-corrected chi connectivity index (χ2v) is 12.6. The van der Waals surface area contributed by atoms with Crippen LogP contribution in [0.3, 0.4) is 0 Å². The first-order valence-corrected chi connectivity index (χ1v) is 14.7. The third-order valence-electron chi connectivity index (χ3n) is 7.93. The van der Waals surface area contributed by atoms with E-state index in [1.54, 1.807) is 36.1 Å². The van der Waals surface area contributed by atoms with Gasteiger partial charge in [-0.3, -0.25) is 4.79 Å². The van der Waals surface area contributed by atoms with Gasteiger partial charge in [0.1, 0.15) is 23.0 Å². The number of rotatable bonds is 8. The van der Waals surface area contributed by atoms with Crippen LogP contribution in [0.1, 0.15) is 61.5 Å². The summed E-state index contributed by atoms with van der Waals surface area (Å²) in [5.41, 5.74) is -0.813. The molecule has 0 aliphatic carbocycles. The van der Waals surface area contributed by atoms with E-state index in [1.165, 1.54) is 11.2 Å². The topological polar surface area (TPSA) is 107 Å². The average Bonchev–Trinajstić information content (AvgIpc) is 2.91. The molecular formula is C28H36F2N2O6S. The lowest BCUT2D eigenvalue weighted by Gasteiger charge is -2.42. The van der Waals surface area contributed by atoms with Crippen molar-refractivity contribution in [2.75, 3.05) is 26.3 Å². The largest absolute Gasteiger partial charge is 0.394 e. The van der Waals surface area contributed by atoms with E-state index in [0.717, 1.165) is 12.1 Å². The molecule has 2 aromatic carbocycles. The minimum atomic E-state index is -3.84. The number of sulfonamides is 1. The summed E-state index contributed by atoms with van der Waals surface area (Å²) in [6.45, 7) is 2.51. The van der Waals surface area contributed by atoms with E-state index in [1.807, 2.05) is 6.07 Å². The average molecular weight is 567 g/mol. The Balaban J connectivity index is 1.63. The van der Waals surface area contributed by atoms with Crippen molar-refractivity contribution < 1.29 is 36.9 Å². The first-order chi connectivity index (χ1) is 18.5. The normalized spacial score (nSPS) is 23.9. The zero-order valence-electron chi connectivity index (χ0n) is 22.2. The van der Waals surface area contributed by atoms with Crippen molar-refractivity contribution >= 4 is 15.9 Å². The Labute approximate surface area is 228 Å². The number of likely N-dealkylation sites (tertiary alicyclic amines) is 1. The monoisotopic (exact) mass is 566 g/mol. The molecule has 2 saturated heterocycles. The number of hydrogen-bond acceptors (Lipinski definition) is 6. The molecule has 2 aliphatic heterocycles. The van der Waals surface area contributed by atoms with Gasteiger partial charge in [0.15, 0.2) is 0 Å². The first kappa shape index (κ1) is 29.5. The zero-order valence-corrected chi connectivity index (χ0v) is 23.0. The van der Waals surface area contributed by atoms with E-state index < -0.39 is 45.2 Å². The Kier molecular flexibility index (Phi) is 9.07. The van der Waals surface area contributed by atoms with E-state index in [4.69, 9.17) is 4.74 Å². The van der Waals surface area contributed by atoms with Crippen molar-refractivity contribution in [3.05, 3.63) is 70.8 Å². The van der Waals surface area contributed by atoms with Gasteiger partial charge in [0.25, 0.3) is 0 Å². The van der Waals surface area contributed by atoms with Crippen molar-refractivity contribution in [2.24, 2.45) is 0 Å². The smallest absolute Gasteiger partial charge is 0.221 e. The fourth-order valence-corrected chi connectivity index (χ4v) is 7.75. The van der Waals surface area contributed by atoms with Gasteiger partial charge in [0, 0.05) is 43.7 Å². The quantitative estimate of drug-likeness (QED) is 0.508. The number of amides is 1. The van der Waals surface area contributed by atoms with Crippen LogP contribution in [0.25, 0.3) is 0 Å². The highest BCUT2D eigenvalue weighted by atomic mass is 32.2. The van der Waals surface area contributed by atoms with E-state index in [0.29, 0.717) is 18.4 Å². The summed E-state index contributed by atoms with van der Waals surface area (Å²) in [6.07, 6.45) is 0.144. The molecule has 0 spiro atoms. The van der Waals surface area contributed by atoms with Crippen LogP contribution >= 0.6 is 0 Å². The van der Waals surface area contributed by atoms with Gasteiger partial charge in [-0.15, -0.1) is 0 Å². The summed E-state index contributed by atoms with van der Waals surface area (Å²) in [5, 5.41) is 18.3. The van der Waals surface area contributed by atoms with Gasteiger partial charge in [-0.2, -0.15) is 4.31 Å². The van der Waals surface area contributed by atoms with Crippen molar-refractivity contribution in [3.63, 3.8) is 0 Å². The van der Waals surface area contributed by atoms with E-state index >= 15 is 8.78 Å². The van der Waals surface area contributed by atoms with Crippen molar-refractivity contribution in [2.45, 2.75) is 69.1 Å². The molecule has 0 aromatic heterocycles. The number of carbonyl (C=O) groups is 1. The van der Waals surface area contributed by atoms with Gasteiger partial charge in [0.2, 0.25) is 15.9 Å². The molecule has 0 bridgehead atoms. The second-order valence-electron chi connectivity index (χ2n) is 10.5. The van der Waals surface area contributed by atoms with Gasteiger partial charge in [0.05, 0.1) is 18.8 Å². The lowest BCUT2D eigenvalue weighted by molar-refractivity contribution is -0.143. The second kappa shape index (κ2) is 12.0. The van der Waals surface area contributed by atoms with Crippen molar-refractivity contribution in [1.29, 1.82) is 0 Å². The molecule has 4 rings (SSSR count). The Bertz CT molecular complexity index is 1270. The molecule has 11 heteroatoms. The Morgan fingerprint density at radius 1 is 1.13 bits per heavy atom. The number of halogens is 2. The van der Waals surface area contributed by atoms with Crippen LogP contribution in [0, 0.1) is 11.6 Å². The van der Waals surface area contributed by atoms with Crippen LogP contribution in [-0.4, -0.2) is 72.2 Å². The third-order valence-corrected chi connectivity index (χ3v) is 10.3. The molecule has 2 aliphatic rings. The number of ether oxygens (including phenoxy) is 1. The minimum absolute atomic E-state index is 0.0613. The fraction of sp³-hybridized carbons (Fsp3) is 0.536. The molecule has 2 fully saturated rings. The van der Waals surface area contributed by atoms with Crippen molar-refractivity contribution in [3.8, 4) is 0 Å². The van der Waals surface area contributed by atoms with Crippen LogP contribution in [0.4, 0.5) is 8.78 Å². The predicted molar refractivity (Wildman–Crippen MR) is 141 cm³/mol. The lowest BCUT2D eigenvalue weighted by atomic mass is 9.83. The van der Waals surface area contributed by atoms with Gasteiger partial charge in [-0.05, 0) is 50.3 Å². The molecular weight excluding hydrogens is 530 g/mol. The standard InChI is InChI=1S/C28H36F2N2O6S/c1-19-8-9-27(21-6-4-3-5-7-21)39(36,37)32(19)16-22-14-26(30)24(15-25(22)29)28(38-18-23(35)17-33)10-12-31(13-11-28)20(2)34/h3-7,14-15,19,23,27,33,35H,8-13,16-18H2,1-2H3/t19-,23-,27+/m0/s1. The maximum Gasteiger partial charge on any atom is 0.221 e. The van der Waals surface area contributed by atoms with E-state index in [9.17, 15) is 23.4 Å². The molecule has 3 atom stereocenters. The summed E-state index contributed by atoms with van der Waals surface area (Å²) < 4.78 is 65.6. The van der Waals surface area contributed by atoms with Gasteiger partial charge >= 0.3 is 0 Å². The molecule has 2 aromatic rings. The Morgan fingerprint density at radius 2 is 1.79 bits per heavy atom. The molecule has 1 amide bonds. The van der Waals surface area contributed by atoms with Gasteiger partial charge < -0.3 is 19.8 Å². The van der Waals surface area contributed by atoms with Crippen LogP contribution in [-0.2, 0) is 31.7 Å². The van der Waals surface area contributed by atoms with E-state index in [2.05, 4.69) is 0 Å². The molecule has 8 nitrogen and oxygen atoms in total. The third kappa shape index (κ3) is 6.17. The predicted octanol–water partition coefficient (Wildman–Crippen LogP) is 3.23. The maximum absolute atomic E-state index is 15.7. The Hall–Kier alpha value is -2.44. The summed E-state index contributed by atoms with van der Waals surface area (Å²) >= 11 is 0. The molecule has 0 saturated carbocycles. The lowest BCUT2D eigenvalue weighted by Crippen LogP contribution is -2.47. The summed E-state index contributed by atoms with van der Waals surface area (Å²) in [7, 11) is -3.84. The van der Waals surface area contributed by atoms with Crippen LogP contribution < -0.4 is 0 Å². The van der Waals surface area contributed by atoms with Crippen LogP contribution in [0.2, 0.25) is 0 Å². The highest BCUT2D eigenvalue weighted by Crippen LogP contribution is 2.41. The number of aliphatic hydroxyl groups is 2. The first-order valence-electron chi connectivity index (χ1n) is 13.2. The number of nitrogens with zero attached hydrogens (tertiary/aromatic N) is 2. The molecule has 0 unspecified atom stereocenters.